The van der Waals surface area contributed by atoms with Gasteiger partial charge in [-0.1, -0.05) is 55.3 Å². The molecule has 1 aliphatic rings. The van der Waals surface area contributed by atoms with Crippen molar-refractivity contribution in [1.82, 2.24) is 4.72 Å². The Balaban J connectivity index is 0.000000336. The molecule has 0 aromatic heterocycles. The van der Waals surface area contributed by atoms with Gasteiger partial charge in [-0.15, -0.1) is 0 Å². The number of hydrogen-bond donors (Lipinski definition) is 1. The summed E-state index contributed by atoms with van der Waals surface area (Å²) in [6.07, 6.45) is 18.0. The van der Waals surface area contributed by atoms with E-state index >= 15 is 0 Å². The minimum atomic E-state index is 1.15. The van der Waals surface area contributed by atoms with E-state index in [1.54, 1.807) is 11.9 Å². The Labute approximate surface area is 98.9 Å². The molecule has 0 aliphatic heterocycles. The molecule has 15 heavy (non-hydrogen) atoms. The lowest BCUT2D eigenvalue weighted by atomic mass is 10.1. The van der Waals surface area contributed by atoms with Crippen molar-refractivity contribution in [3.05, 3.63) is 36.5 Å². The average molecular weight is 225 g/mol. The van der Waals surface area contributed by atoms with E-state index in [4.69, 9.17) is 0 Å². The molecule has 2 heteroatoms. The zero-order valence-corrected chi connectivity index (χ0v) is 10.7. The molecule has 0 heterocycles. The summed E-state index contributed by atoms with van der Waals surface area (Å²) in [5.41, 5.74) is 0. The van der Waals surface area contributed by atoms with Gasteiger partial charge in [0.05, 0.1) is 0 Å². The maximum absolute atomic E-state index is 2.93. The molecule has 0 radical (unpaired) electrons. The van der Waals surface area contributed by atoms with Crippen molar-refractivity contribution >= 4 is 11.9 Å². The summed E-state index contributed by atoms with van der Waals surface area (Å²) in [5, 5.41) is 0. The number of hydrogen-bond acceptors (Lipinski definition) is 2. The molecule has 0 atom stereocenters. The SMILES string of the molecule is C1=C\C=C\CCCC/C=C/1.CCSNC. The van der Waals surface area contributed by atoms with Crippen LogP contribution < -0.4 is 4.72 Å². The second-order valence-corrected chi connectivity index (χ2v) is 4.44. The number of rotatable bonds is 2. The fourth-order valence-electron chi connectivity index (χ4n) is 1.15. The van der Waals surface area contributed by atoms with Crippen LogP contribution in [0.4, 0.5) is 0 Å². The highest BCUT2D eigenvalue weighted by Gasteiger charge is 1.83. The van der Waals surface area contributed by atoms with Gasteiger partial charge < -0.3 is 0 Å². The second-order valence-electron chi connectivity index (χ2n) is 3.16. The Morgan fingerprint density at radius 2 is 1.53 bits per heavy atom. The molecule has 0 bridgehead atoms. The number of allylic oxidation sites excluding steroid dienone is 6. The van der Waals surface area contributed by atoms with Crippen LogP contribution in [0.15, 0.2) is 36.5 Å². The van der Waals surface area contributed by atoms with E-state index in [0.29, 0.717) is 0 Å². The first-order valence-electron chi connectivity index (χ1n) is 5.68. The lowest BCUT2D eigenvalue weighted by Gasteiger charge is -1.92. The second kappa shape index (κ2) is 13.5. The quantitative estimate of drug-likeness (QED) is 0.710. The van der Waals surface area contributed by atoms with Crippen LogP contribution in [0.1, 0.15) is 32.6 Å². The first-order chi connectivity index (χ1) is 7.41. The molecule has 0 aromatic carbocycles. The Hall–Kier alpha value is -0.470. The van der Waals surface area contributed by atoms with Gasteiger partial charge in [0.2, 0.25) is 0 Å². The zero-order valence-electron chi connectivity index (χ0n) is 9.91. The van der Waals surface area contributed by atoms with Crippen molar-refractivity contribution in [2.45, 2.75) is 32.6 Å². The van der Waals surface area contributed by atoms with Gasteiger partial charge in [-0.3, -0.25) is 4.72 Å². The Bertz CT molecular complexity index is 175. The summed E-state index contributed by atoms with van der Waals surface area (Å²) in [6.45, 7) is 2.11. The molecule has 1 nitrogen and oxygen atoms in total. The Morgan fingerprint density at radius 3 is 1.87 bits per heavy atom. The Kier molecular flexibility index (Phi) is 13.1. The standard InChI is InChI=1S/C10H14.C3H9NS/c1-2-4-6-8-10-9-7-5-3-1;1-3-5-4-2/h1-6H,7-10H2;4H,3H2,1-2H3/b2-1-,5-3+,6-4+;. The maximum atomic E-state index is 2.93. The molecule has 1 aliphatic carbocycles. The highest BCUT2D eigenvalue weighted by atomic mass is 32.2. The van der Waals surface area contributed by atoms with E-state index in [1.807, 2.05) is 7.05 Å². The van der Waals surface area contributed by atoms with E-state index in [9.17, 15) is 0 Å². The van der Waals surface area contributed by atoms with Crippen molar-refractivity contribution < 1.29 is 0 Å². The van der Waals surface area contributed by atoms with Crippen LogP contribution in [0.3, 0.4) is 0 Å². The van der Waals surface area contributed by atoms with Crippen LogP contribution in [0.25, 0.3) is 0 Å². The summed E-state index contributed by atoms with van der Waals surface area (Å²) in [4.78, 5) is 0. The van der Waals surface area contributed by atoms with Gasteiger partial charge in [-0.05, 0) is 32.7 Å². The lowest BCUT2D eigenvalue weighted by Crippen LogP contribution is -1.89. The van der Waals surface area contributed by atoms with Gasteiger partial charge in [0.15, 0.2) is 0 Å². The van der Waals surface area contributed by atoms with Gasteiger partial charge in [0.1, 0.15) is 0 Å². The first kappa shape index (κ1) is 14.5. The van der Waals surface area contributed by atoms with Gasteiger partial charge in [-0.2, -0.15) is 0 Å². The summed E-state index contributed by atoms with van der Waals surface area (Å²) in [5.74, 6) is 1.15. The predicted molar refractivity (Wildman–Crippen MR) is 73.1 cm³/mol. The summed E-state index contributed by atoms with van der Waals surface area (Å²) < 4.78 is 2.93. The molecular formula is C13H23NS. The van der Waals surface area contributed by atoms with Crippen LogP contribution in [0.5, 0.6) is 0 Å². The van der Waals surface area contributed by atoms with Crippen LogP contribution in [0, 0.1) is 0 Å². The molecule has 0 aromatic rings. The van der Waals surface area contributed by atoms with Crippen molar-refractivity contribution in [2.24, 2.45) is 0 Å². The third kappa shape index (κ3) is 13.5. The molecule has 0 fully saturated rings. The third-order valence-electron chi connectivity index (χ3n) is 1.89. The van der Waals surface area contributed by atoms with E-state index < -0.39 is 0 Å². The zero-order chi connectivity index (χ0) is 11.2. The average Bonchev–Trinajstić information content (AvgIpc) is 2.29. The van der Waals surface area contributed by atoms with E-state index in [-0.39, 0.29) is 0 Å². The molecule has 0 amide bonds. The number of nitrogens with one attached hydrogen (secondary N) is 1. The van der Waals surface area contributed by atoms with E-state index in [1.165, 1.54) is 25.7 Å². The molecule has 0 saturated carbocycles. The van der Waals surface area contributed by atoms with Crippen molar-refractivity contribution in [2.75, 3.05) is 12.8 Å². The lowest BCUT2D eigenvalue weighted by molar-refractivity contribution is 0.762. The monoisotopic (exact) mass is 225 g/mol. The molecule has 1 N–H and O–H groups in total. The fraction of sp³-hybridized carbons (Fsp3) is 0.538. The predicted octanol–water partition coefficient (Wildman–Crippen LogP) is 4.10. The molecule has 0 unspecified atom stereocenters. The van der Waals surface area contributed by atoms with E-state index in [2.05, 4.69) is 48.1 Å². The molecule has 0 saturated heterocycles. The van der Waals surface area contributed by atoms with Crippen LogP contribution in [-0.4, -0.2) is 12.8 Å². The summed E-state index contributed by atoms with van der Waals surface area (Å²) in [7, 11) is 1.92. The van der Waals surface area contributed by atoms with E-state index in [0.717, 1.165) is 5.75 Å². The smallest absolute Gasteiger partial charge is 0.00501 e. The molecule has 0 spiro atoms. The van der Waals surface area contributed by atoms with Crippen molar-refractivity contribution in [3.63, 3.8) is 0 Å². The third-order valence-corrected chi connectivity index (χ3v) is 2.46. The van der Waals surface area contributed by atoms with Crippen molar-refractivity contribution in [3.8, 4) is 0 Å². The van der Waals surface area contributed by atoms with Gasteiger partial charge in [0, 0.05) is 5.75 Å². The topological polar surface area (TPSA) is 12.0 Å². The van der Waals surface area contributed by atoms with Gasteiger partial charge in [-0.25, -0.2) is 0 Å². The van der Waals surface area contributed by atoms with Crippen LogP contribution in [0.2, 0.25) is 0 Å². The van der Waals surface area contributed by atoms with Crippen LogP contribution >= 0.6 is 11.9 Å². The largest absolute Gasteiger partial charge is 0.267 e. The van der Waals surface area contributed by atoms with Crippen LogP contribution in [-0.2, 0) is 0 Å². The van der Waals surface area contributed by atoms with Crippen molar-refractivity contribution in [1.29, 1.82) is 0 Å². The molecule has 1 rings (SSSR count). The summed E-state index contributed by atoms with van der Waals surface area (Å²) >= 11 is 1.71. The first-order valence-corrected chi connectivity index (χ1v) is 6.67. The van der Waals surface area contributed by atoms with Gasteiger partial charge in [0.25, 0.3) is 0 Å². The minimum absolute atomic E-state index is 1.15. The van der Waals surface area contributed by atoms with Gasteiger partial charge >= 0.3 is 0 Å². The summed E-state index contributed by atoms with van der Waals surface area (Å²) in [6, 6.07) is 0. The maximum Gasteiger partial charge on any atom is 0.00501 e. The molecular weight excluding hydrogens is 202 g/mol. The Morgan fingerprint density at radius 1 is 1.00 bits per heavy atom. The normalized spacial score (nSPS) is 22.0. The highest BCUT2D eigenvalue weighted by Crippen LogP contribution is 2.03. The minimum Gasteiger partial charge on any atom is -0.267 e. The molecule has 86 valence electrons. The highest BCUT2D eigenvalue weighted by molar-refractivity contribution is 7.97. The fourth-order valence-corrected chi connectivity index (χ4v) is 1.44.